The maximum atomic E-state index is 5.85. The van der Waals surface area contributed by atoms with Gasteiger partial charge in [0, 0.05) is 18.9 Å². The van der Waals surface area contributed by atoms with Crippen molar-refractivity contribution in [3.8, 4) is 5.75 Å². The molecule has 2 heterocycles. The maximum absolute atomic E-state index is 5.85. The zero-order valence-corrected chi connectivity index (χ0v) is 15.9. The second kappa shape index (κ2) is 9.00. The van der Waals surface area contributed by atoms with Crippen molar-refractivity contribution >= 4 is 16.7 Å². The highest BCUT2D eigenvalue weighted by atomic mass is 16.5. The Hall–Kier alpha value is -3.12. The van der Waals surface area contributed by atoms with Gasteiger partial charge in [-0.15, -0.1) is 10.2 Å². The van der Waals surface area contributed by atoms with Crippen LogP contribution in [0.25, 0.3) is 10.9 Å². The normalized spacial score (nSPS) is 13.2. The predicted molar refractivity (Wildman–Crippen MR) is 109 cm³/mol. The lowest BCUT2D eigenvalue weighted by Crippen LogP contribution is -2.38. The number of ether oxygens (including phenoxy) is 1. The number of amidine groups is 1. The first-order chi connectivity index (χ1) is 13.3. The third kappa shape index (κ3) is 4.95. The van der Waals surface area contributed by atoms with Crippen LogP contribution in [-0.2, 0) is 13.0 Å². The van der Waals surface area contributed by atoms with Crippen LogP contribution in [0.15, 0.2) is 65.8 Å². The van der Waals surface area contributed by atoms with E-state index in [0.717, 1.165) is 34.6 Å². The van der Waals surface area contributed by atoms with Gasteiger partial charge < -0.3 is 4.74 Å². The molecule has 1 aromatic heterocycles. The standard InChI is InChI=1S/C19H19N5O.C2H6/c1-24-22-19(21-23-24)12-14-6-10-17(11-7-14)25-13-16-9-8-15-4-2-3-5-18(15)20-16;1-2/h2-11,23H,12-13H2,1H3,(H,21,22);1-2H3. The summed E-state index contributed by atoms with van der Waals surface area (Å²) in [5.74, 6) is 1.71. The molecule has 6 heteroatoms. The zero-order valence-electron chi connectivity index (χ0n) is 15.9. The first-order valence-corrected chi connectivity index (χ1v) is 9.15. The Morgan fingerprint density at radius 1 is 0.963 bits per heavy atom. The zero-order chi connectivity index (χ0) is 19.1. The van der Waals surface area contributed by atoms with Crippen molar-refractivity contribution in [1.29, 1.82) is 0 Å². The number of fused-ring (bicyclic) bond motifs is 1. The summed E-state index contributed by atoms with van der Waals surface area (Å²) in [4.78, 5) is 4.62. The molecule has 3 aromatic rings. The molecule has 1 aliphatic heterocycles. The lowest BCUT2D eigenvalue weighted by molar-refractivity contribution is 0.231. The van der Waals surface area contributed by atoms with Crippen molar-refractivity contribution in [2.45, 2.75) is 26.9 Å². The smallest absolute Gasteiger partial charge is 0.144 e. The molecule has 0 saturated carbocycles. The van der Waals surface area contributed by atoms with Crippen LogP contribution in [-0.4, -0.2) is 23.0 Å². The third-order valence-corrected chi connectivity index (χ3v) is 3.97. The summed E-state index contributed by atoms with van der Waals surface area (Å²) in [6, 6.07) is 20.2. The van der Waals surface area contributed by atoms with E-state index in [1.165, 1.54) is 5.56 Å². The molecular formula is C21H25N5O. The van der Waals surface area contributed by atoms with Gasteiger partial charge in [0.15, 0.2) is 0 Å². The molecule has 0 amide bonds. The number of nitrogens with one attached hydrogen (secondary N) is 2. The monoisotopic (exact) mass is 363 g/mol. The largest absolute Gasteiger partial charge is 0.487 e. The van der Waals surface area contributed by atoms with E-state index in [1.807, 2.05) is 69.4 Å². The summed E-state index contributed by atoms with van der Waals surface area (Å²) < 4.78 is 5.85. The molecule has 140 valence electrons. The Labute approximate surface area is 159 Å². The molecule has 4 rings (SSSR count). The second-order valence-electron chi connectivity index (χ2n) is 5.93. The van der Waals surface area contributed by atoms with Crippen LogP contribution in [0.2, 0.25) is 0 Å². The van der Waals surface area contributed by atoms with Gasteiger partial charge in [-0.05, 0) is 29.8 Å². The van der Waals surface area contributed by atoms with E-state index in [0.29, 0.717) is 6.61 Å². The summed E-state index contributed by atoms with van der Waals surface area (Å²) in [5.41, 5.74) is 9.01. The molecule has 0 radical (unpaired) electrons. The van der Waals surface area contributed by atoms with Gasteiger partial charge >= 0.3 is 0 Å². The van der Waals surface area contributed by atoms with E-state index in [2.05, 4.69) is 33.2 Å². The molecule has 0 atom stereocenters. The van der Waals surface area contributed by atoms with E-state index in [1.54, 1.807) is 5.12 Å². The third-order valence-electron chi connectivity index (χ3n) is 3.97. The Bertz CT molecular complexity index is 908. The molecule has 6 nitrogen and oxygen atoms in total. The summed E-state index contributed by atoms with van der Waals surface area (Å²) in [7, 11) is 1.87. The number of rotatable bonds is 5. The Balaban J connectivity index is 0.00000102. The highest BCUT2D eigenvalue weighted by Crippen LogP contribution is 2.16. The molecule has 0 unspecified atom stereocenters. The quantitative estimate of drug-likeness (QED) is 0.724. The van der Waals surface area contributed by atoms with Gasteiger partial charge in [-0.3, -0.25) is 5.43 Å². The van der Waals surface area contributed by atoms with Gasteiger partial charge in [0.05, 0.1) is 11.2 Å². The van der Waals surface area contributed by atoms with Gasteiger partial charge in [0.2, 0.25) is 0 Å². The fourth-order valence-electron chi connectivity index (χ4n) is 2.70. The average Bonchev–Trinajstić information content (AvgIpc) is 3.13. The van der Waals surface area contributed by atoms with Gasteiger partial charge in [0.1, 0.15) is 18.2 Å². The van der Waals surface area contributed by atoms with E-state index < -0.39 is 0 Å². The lowest BCUT2D eigenvalue weighted by Gasteiger charge is -2.09. The molecule has 0 spiro atoms. The van der Waals surface area contributed by atoms with Crippen LogP contribution >= 0.6 is 0 Å². The molecule has 0 aliphatic carbocycles. The number of hydrazine groups is 2. The van der Waals surface area contributed by atoms with Gasteiger partial charge in [-0.2, -0.15) is 0 Å². The van der Waals surface area contributed by atoms with Crippen LogP contribution in [0.4, 0.5) is 0 Å². The average molecular weight is 363 g/mol. The number of aromatic nitrogens is 1. The fraction of sp³-hybridized carbons (Fsp3) is 0.238. The fourth-order valence-corrected chi connectivity index (χ4v) is 2.70. The maximum Gasteiger partial charge on any atom is 0.144 e. The van der Waals surface area contributed by atoms with Gasteiger partial charge in [-0.1, -0.05) is 50.2 Å². The van der Waals surface area contributed by atoms with Crippen molar-refractivity contribution in [3.63, 3.8) is 0 Å². The number of nitrogens with zero attached hydrogens (tertiary/aromatic N) is 3. The van der Waals surface area contributed by atoms with Gasteiger partial charge in [0.25, 0.3) is 0 Å². The SMILES string of the molecule is CC.CN1NN=C(Cc2ccc(OCc3ccc4ccccc4n3)cc2)N1. The van der Waals surface area contributed by atoms with Crippen LogP contribution in [0, 0.1) is 0 Å². The number of benzene rings is 2. The first kappa shape index (κ1) is 18.7. The minimum Gasteiger partial charge on any atom is -0.487 e. The Kier molecular flexibility index (Phi) is 6.22. The number of hydrazone groups is 1. The highest BCUT2D eigenvalue weighted by Gasteiger charge is 2.10. The minimum absolute atomic E-state index is 0.452. The summed E-state index contributed by atoms with van der Waals surface area (Å²) in [6.07, 6.45) is 0.740. The Morgan fingerprint density at radius 3 is 2.48 bits per heavy atom. The summed E-state index contributed by atoms with van der Waals surface area (Å²) >= 11 is 0. The molecule has 0 saturated heterocycles. The van der Waals surface area contributed by atoms with E-state index >= 15 is 0 Å². The van der Waals surface area contributed by atoms with Crippen LogP contribution in [0.1, 0.15) is 25.1 Å². The van der Waals surface area contributed by atoms with Gasteiger partial charge in [-0.25, -0.2) is 10.5 Å². The molecule has 1 aliphatic rings. The topological polar surface area (TPSA) is 61.8 Å². The van der Waals surface area contributed by atoms with Crippen molar-refractivity contribution < 1.29 is 4.74 Å². The molecular weight excluding hydrogens is 338 g/mol. The summed E-state index contributed by atoms with van der Waals surface area (Å²) in [6.45, 7) is 4.45. The molecule has 2 N–H and O–H groups in total. The molecule has 0 fully saturated rings. The first-order valence-electron chi connectivity index (χ1n) is 9.15. The van der Waals surface area contributed by atoms with Crippen molar-refractivity contribution in [2.75, 3.05) is 7.05 Å². The van der Waals surface area contributed by atoms with E-state index in [9.17, 15) is 0 Å². The Morgan fingerprint density at radius 2 is 1.74 bits per heavy atom. The highest BCUT2D eigenvalue weighted by molar-refractivity contribution is 5.84. The molecule has 27 heavy (non-hydrogen) atoms. The van der Waals surface area contributed by atoms with E-state index in [-0.39, 0.29) is 0 Å². The van der Waals surface area contributed by atoms with Crippen molar-refractivity contribution in [1.82, 2.24) is 21.1 Å². The number of hydrogen-bond donors (Lipinski definition) is 2. The minimum atomic E-state index is 0.452. The van der Waals surface area contributed by atoms with Crippen molar-refractivity contribution in [3.05, 3.63) is 71.9 Å². The predicted octanol–water partition coefficient (Wildman–Crippen LogP) is 3.65. The van der Waals surface area contributed by atoms with Crippen LogP contribution in [0.3, 0.4) is 0 Å². The molecule has 0 bridgehead atoms. The van der Waals surface area contributed by atoms with E-state index in [4.69, 9.17) is 4.74 Å². The number of para-hydroxylation sites is 1. The van der Waals surface area contributed by atoms with Crippen LogP contribution < -0.4 is 15.7 Å². The molecule has 2 aromatic carbocycles. The number of hydrogen-bond acceptors (Lipinski definition) is 6. The second-order valence-corrected chi connectivity index (χ2v) is 5.93. The summed E-state index contributed by atoms with van der Waals surface area (Å²) in [5, 5.41) is 7.03. The number of pyridine rings is 1. The van der Waals surface area contributed by atoms with Crippen molar-refractivity contribution in [2.24, 2.45) is 5.10 Å². The van der Waals surface area contributed by atoms with Crippen LogP contribution in [0.5, 0.6) is 5.75 Å². The lowest BCUT2D eigenvalue weighted by atomic mass is 10.1.